The molecule has 0 aliphatic heterocycles. The summed E-state index contributed by atoms with van der Waals surface area (Å²) in [5, 5.41) is 0. The Morgan fingerprint density at radius 3 is 2.00 bits per heavy atom. The minimum atomic E-state index is -2.84. The third kappa shape index (κ3) is 3.37. The summed E-state index contributed by atoms with van der Waals surface area (Å²) in [5.74, 6) is 1.15. The summed E-state index contributed by atoms with van der Waals surface area (Å²) >= 11 is 0. The van der Waals surface area contributed by atoms with Crippen molar-refractivity contribution in [2.24, 2.45) is 0 Å². The summed E-state index contributed by atoms with van der Waals surface area (Å²) < 4.78 is 42.9. The Labute approximate surface area is 109 Å². The fraction of sp³-hybridized carbons (Fsp3) is 0.0667. The fourth-order valence-electron chi connectivity index (χ4n) is 1.58. The fourth-order valence-corrected chi connectivity index (χ4v) is 1.58. The number of alkyl halides is 2. The first-order valence-corrected chi connectivity index (χ1v) is 5.62. The van der Waals surface area contributed by atoms with Crippen molar-refractivity contribution in [3.8, 4) is 11.5 Å². The van der Waals surface area contributed by atoms with E-state index in [2.05, 4.69) is 0 Å². The summed E-state index contributed by atoms with van der Waals surface area (Å²) in [7, 11) is 0. The molecule has 2 rings (SSSR count). The van der Waals surface area contributed by atoms with Crippen molar-refractivity contribution in [2.75, 3.05) is 0 Å². The molecule has 0 fully saturated rings. The maximum atomic E-state index is 12.5. The zero-order valence-electron chi connectivity index (χ0n) is 9.89. The highest BCUT2D eigenvalue weighted by Gasteiger charge is 2.13. The molecule has 0 saturated carbocycles. The van der Waals surface area contributed by atoms with E-state index in [1.165, 1.54) is 24.3 Å². The molecule has 0 N–H and O–H groups in total. The number of halogens is 3. The van der Waals surface area contributed by atoms with Gasteiger partial charge in [0.05, 0.1) is 11.9 Å². The minimum absolute atomic E-state index is 0.0717. The van der Waals surface area contributed by atoms with Gasteiger partial charge in [-0.3, -0.25) is 0 Å². The van der Waals surface area contributed by atoms with Gasteiger partial charge in [-0.1, -0.05) is 30.3 Å². The van der Waals surface area contributed by atoms with Crippen molar-refractivity contribution in [1.82, 2.24) is 0 Å². The minimum Gasteiger partial charge on any atom is -0.457 e. The number of ether oxygens (including phenoxy) is 1. The van der Waals surface area contributed by atoms with Crippen LogP contribution in [0.3, 0.4) is 0 Å². The number of allylic oxidation sites excluding steroid dienone is 1. The number of para-hydroxylation sites is 1. The average molecular weight is 264 g/mol. The summed E-state index contributed by atoms with van der Waals surface area (Å²) in [6.45, 7) is 0. The maximum Gasteiger partial charge on any atom is 0.266 e. The van der Waals surface area contributed by atoms with Gasteiger partial charge in [0.15, 0.2) is 0 Å². The second-order valence-electron chi connectivity index (χ2n) is 3.80. The molecule has 98 valence electrons. The van der Waals surface area contributed by atoms with Crippen molar-refractivity contribution in [3.05, 3.63) is 66.5 Å². The normalized spacial score (nSPS) is 11.7. The van der Waals surface area contributed by atoms with E-state index in [0.29, 0.717) is 11.5 Å². The third-order valence-electron chi connectivity index (χ3n) is 2.52. The van der Waals surface area contributed by atoms with Gasteiger partial charge in [0.2, 0.25) is 0 Å². The van der Waals surface area contributed by atoms with Crippen LogP contribution in [0.4, 0.5) is 13.2 Å². The Kier molecular flexibility index (Phi) is 4.23. The smallest absolute Gasteiger partial charge is 0.266 e. The quantitative estimate of drug-likeness (QED) is 0.750. The van der Waals surface area contributed by atoms with Gasteiger partial charge in [0.25, 0.3) is 6.43 Å². The molecule has 2 aromatic rings. The van der Waals surface area contributed by atoms with Crippen LogP contribution in [-0.2, 0) is 0 Å². The molecule has 0 unspecified atom stereocenters. The van der Waals surface area contributed by atoms with Crippen LogP contribution in [0.1, 0.15) is 5.56 Å². The highest BCUT2D eigenvalue weighted by Crippen LogP contribution is 2.26. The van der Waals surface area contributed by atoms with Gasteiger partial charge in [-0.2, -0.15) is 0 Å². The zero-order chi connectivity index (χ0) is 13.7. The molecule has 0 heterocycles. The predicted octanol–water partition coefficient (Wildman–Crippen LogP) is 5.05. The SMILES string of the molecule is FC=C(c1ccc(Oc2ccccc2)cc1)C(F)F. The van der Waals surface area contributed by atoms with E-state index in [0.717, 1.165) is 0 Å². The molecule has 2 aromatic carbocycles. The van der Waals surface area contributed by atoms with Crippen LogP contribution in [0, 0.1) is 0 Å². The largest absolute Gasteiger partial charge is 0.457 e. The standard InChI is InChI=1S/C15H11F3O/c16-10-14(15(17)18)11-6-8-13(9-7-11)19-12-4-2-1-3-5-12/h1-10,15H. The zero-order valence-corrected chi connectivity index (χ0v) is 9.89. The first-order valence-electron chi connectivity index (χ1n) is 5.62. The molecule has 4 heteroatoms. The highest BCUT2D eigenvalue weighted by molar-refractivity contribution is 5.67. The van der Waals surface area contributed by atoms with Crippen LogP contribution >= 0.6 is 0 Å². The second-order valence-corrected chi connectivity index (χ2v) is 3.80. The molecule has 0 radical (unpaired) electrons. The monoisotopic (exact) mass is 264 g/mol. The lowest BCUT2D eigenvalue weighted by Crippen LogP contribution is -1.95. The first kappa shape index (κ1) is 13.2. The van der Waals surface area contributed by atoms with Crippen LogP contribution in [0.15, 0.2) is 60.9 Å². The summed E-state index contributed by atoms with van der Waals surface area (Å²) in [6, 6.07) is 14.9. The van der Waals surface area contributed by atoms with Gasteiger partial charge in [-0.15, -0.1) is 0 Å². The summed E-state index contributed by atoms with van der Waals surface area (Å²) in [5.41, 5.74) is -0.496. The van der Waals surface area contributed by atoms with Crippen LogP contribution in [0.2, 0.25) is 0 Å². The van der Waals surface area contributed by atoms with Crippen molar-refractivity contribution in [1.29, 1.82) is 0 Å². The maximum absolute atomic E-state index is 12.5. The third-order valence-corrected chi connectivity index (χ3v) is 2.52. The number of benzene rings is 2. The highest BCUT2D eigenvalue weighted by atomic mass is 19.3. The van der Waals surface area contributed by atoms with Crippen LogP contribution in [0.25, 0.3) is 5.57 Å². The van der Waals surface area contributed by atoms with Crippen molar-refractivity contribution in [3.63, 3.8) is 0 Å². The molecule has 0 spiro atoms. The molecule has 1 nitrogen and oxygen atoms in total. The van der Waals surface area contributed by atoms with Gasteiger partial charge in [-0.05, 0) is 29.8 Å². The van der Waals surface area contributed by atoms with Crippen molar-refractivity contribution < 1.29 is 17.9 Å². The van der Waals surface area contributed by atoms with Crippen LogP contribution in [-0.4, -0.2) is 6.43 Å². The lowest BCUT2D eigenvalue weighted by molar-refractivity contribution is 0.214. The van der Waals surface area contributed by atoms with E-state index in [9.17, 15) is 13.2 Å². The topological polar surface area (TPSA) is 9.23 Å². The van der Waals surface area contributed by atoms with E-state index in [-0.39, 0.29) is 11.9 Å². The van der Waals surface area contributed by atoms with E-state index >= 15 is 0 Å². The molecular weight excluding hydrogens is 253 g/mol. The van der Waals surface area contributed by atoms with Gasteiger partial charge < -0.3 is 4.74 Å². The molecule has 0 aliphatic rings. The molecule has 0 atom stereocenters. The second kappa shape index (κ2) is 6.09. The molecule has 0 aliphatic carbocycles. The Bertz CT molecular complexity index is 547. The Morgan fingerprint density at radius 2 is 1.47 bits per heavy atom. The van der Waals surface area contributed by atoms with E-state index in [1.807, 2.05) is 18.2 Å². The molecule has 0 bridgehead atoms. The van der Waals surface area contributed by atoms with Crippen molar-refractivity contribution in [2.45, 2.75) is 6.43 Å². The first-order chi connectivity index (χ1) is 9.20. The molecule has 0 amide bonds. The Balaban J connectivity index is 2.15. The molecule has 19 heavy (non-hydrogen) atoms. The molecule has 0 saturated heterocycles. The lowest BCUT2D eigenvalue weighted by atomic mass is 10.1. The number of rotatable bonds is 4. The van der Waals surface area contributed by atoms with Gasteiger partial charge >= 0.3 is 0 Å². The Morgan fingerprint density at radius 1 is 0.895 bits per heavy atom. The Hall–Kier alpha value is -2.23. The summed E-state index contributed by atoms with van der Waals surface area (Å²) in [4.78, 5) is 0. The molecular formula is C15H11F3O. The van der Waals surface area contributed by atoms with E-state index in [4.69, 9.17) is 4.74 Å². The van der Waals surface area contributed by atoms with Crippen LogP contribution < -0.4 is 4.74 Å². The summed E-state index contributed by atoms with van der Waals surface area (Å²) in [6.07, 6.45) is -2.91. The van der Waals surface area contributed by atoms with Gasteiger partial charge in [0, 0.05) is 0 Å². The number of hydrogen-bond acceptors (Lipinski definition) is 1. The van der Waals surface area contributed by atoms with E-state index in [1.54, 1.807) is 12.1 Å². The number of hydrogen-bond donors (Lipinski definition) is 0. The molecule has 0 aromatic heterocycles. The van der Waals surface area contributed by atoms with Crippen molar-refractivity contribution >= 4 is 5.57 Å². The lowest BCUT2D eigenvalue weighted by Gasteiger charge is -2.08. The van der Waals surface area contributed by atoms with E-state index < -0.39 is 12.0 Å². The van der Waals surface area contributed by atoms with Crippen LogP contribution in [0.5, 0.6) is 11.5 Å². The van der Waals surface area contributed by atoms with Gasteiger partial charge in [-0.25, -0.2) is 13.2 Å². The van der Waals surface area contributed by atoms with Gasteiger partial charge in [0.1, 0.15) is 11.5 Å². The average Bonchev–Trinajstić information content (AvgIpc) is 2.42. The predicted molar refractivity (Wildman–Crippen MR) is 68.0 cm³/mol.